The van der Waals surface area contributed by atoms with Crippen molar-refractivity contribution < 1.29 is 14.3 Å². The van der Waals surface area contributed by atoms with E-state index in [9.17, 15) is 14.4 Å². The van der Waals surface area contributed by atoms with Gasteiger partial charge < -0.3 is 15.0 Å². The molecule has 0 aliphatic carbocycles. The van der Waals surface area contributed by atoms with Crippen LogP contribution >= 0.6 is 0 Å². The molecule has 2 N–H and O–H groups in total. The van der Waals surface area contributed by atoms with Crippen LogP contribution in [0, 0.1) is 5.92 Å². The van der Waals surface area contributed by atoms with Gasteiger partial charge in [-0.2, -0.15) is 5.10 Å². The molecule has 8 heteroatoms. The summed E-state index contributed by atoms with van der Waals surface area (Å²) in [5, 5.41) is 8.98. The van der Waals surface area contributed by atoms with Crippen LogP contribution in [-0.2, 0) is 11.2 Å². The van der Waals surface area contributed by atoms with E-state index in [1.807, 2.05) is 48.5 Å². The number of aromatic amines is 1. The molecule has 8 nitrogen and oxygen atoms in total. The minimum atomic E-state index is -0.379. The van der Waals surface area contributed by atoms with Gasteiger partial charge in [-0.05, 0) is 41.3 Å². The Labute approximate surface area is 185 Å². The van der Waals surface area contributed by atoms with Crippen LogP contribution in [0.5, 0.6) is 5.75 Å². The lowest BCUT2D eigenvalue weighted by molar-refractivity contribution is -0.124. The SMILES string of the molecule is COc1ccc(-c2ccc(C[C@@H]3CN(C(=O)c4ccc(=O)[nH]n4)CCNC3=O)cc2)cc1. The van der Waals surface area contributed by atoms with Gasteiger partial charge in [0.25, 0.3) is 11.5 Å². The zero-order valence-electron chi connectivity index (χ0n) is 17.7. The molecule has 4 rings (SSSR count). The van der Waals surface area contributed by atoms with Crippen molar-refractivity contribution in [1.29, 1.82) is 0 Å². The molecule has 0 unspecified atom stereocenters. The molecule has 0 bridgehead atoms. The Kier molecular flexibility index (Phi) is 6.30. The summed E-state index contributed by atoms with van der Waals surface area (Å²) in [6.07, 6.45) is 0.511. The average Bonchev–Trinajstić information content (AvgIpc) is 3.01. The van der Waals surface area contributed by atoms with E-state index in [1.54, 1.807) is 12.0 Å². The van der Waals surface area contributed by atoms with Crippen LogP contribution in [0.2, 0.25) is 0 Å². The first kappa shape index (κ1) is 21.3. The number of amides is 2. The van der Waals surface area contributed by atoms with E-state index >= 15 is 0 Å². The number of benzene rings is 2. The van der Waals surface area contributed by atoms with E-state index in [2.05, 4.69) is 15.5 Å². The van der Waals surface area contributed by atoms with Crippen LogP contribution in [0.25, 0.3) is 11.1 Å². The van der Waals surface area contributed by atoms with Crippen LogP contribution in [0.1, 0.15) is 16.1 Å². The molecule has 1 atom stereocenters. The van der Waals surface area contributed by atoms with Gasteiger partial charge in [0, 0.05) is 25.7 Å². The van der Waals surface area contributed by atoms with Crippen molar-refractivity contribution >= 4 is 11.8 Å². The lowest BCUT2D eigenvalue weighted by Crippen LogP contribution is -2.38. The Hall–Kier alpha value is -3.94. The van der Waals surface area contributed by atoms with Gasteiger partial charge in [-0.25, -0.2) is 5.10 Å². The standard InChI is InChI=1S/C24H24N4O4/c1-32-20-8-6-18(7-9-20)17-4-2-16(3-5-17)14-19-15-28(13-12-25-23(19)30)24(31)21-10-11-22(29)27-26-21/h2-11,19H,12-15H2,1H3,(H,25,30)(H,27,29)/t19-/m1/s1. The third-order valence-electron chi connectivity index (χ3n) is 5.54. The number of H-pyrrole nitrogens is 1. The number of methoxy groups -OCH3 is 1. The summed E-state index contributed by atoms with van der Waals surface area (Å²) in [5.74, 6) is 0.0449. The zero-order chi connectivity index (χ0) is 22.5. The van der Waals surface area contributed by atoms with E-state index in [4.69, 9.17) is 4.74 Å². The quantitative estimate of drug-likeness (QED) is 0.641. The molecule has 32 heavy (non-hydrogen) atoms. The van der Waals surface area contributed by atoms with Crippen molar-refractivity contribution in [2.45, 2.75) is 6.42 Å². The largest absolute Gasteiger partial charge is 0.497 e. The number of hydrogen-bond donors (Lipinski definition) is 2. The number of nitrogens with zero attached hydrogens (tertiary/aromatic N) is 2. The number of aromatic nitrogens is 2. The van der Waals surface area contributed by atoms with E-state index in [0.29, 0.717) is 19.5 Å². The second kappa shape index (κ2) is 9.47. The molecule has 1 saturated heterocycles. The Morgan fingerprint density at radius 3 is 2.34 bits per heavy atom. The van der Waals surface area contributed by atoms with Gasteiger partial charge in [0.15, 0.2) is 0 Å². The third-order valence-corrected chi connectivity index (χ3v) is 5.54. The first-order chi connectivity index (χ1) is 15.5. The summed E-state index contributed by atoms with van der Waals surface area (Å²) >= 11 is 0. The van der Waals surface area contributed by atoms with Crippen molar-refractivity contribution in [1.82, 2.24) is 20.4 Å². The molecule has 2 amide bonds. The third kappa shape index (κ3) is 4.85. The Bertz CT molecular complexity index is 1140. The molecule has 0 spiro atoms. The predicted molar refractivity (Wildman–Crippen MR) is 119 cm³/mol. The molecule has 1 aromatic heterocycles. The fraction of sp³-hybridized carbons (Fsp3) is 0.250. The first-order valence-corrected chi connectivity index (χ1v) is 10.4. The smallest absolute Gasteiger partial charge is 0.274 e. The van der Waals surface area contributed by atoms with Crippen molar-refractivity contribution in [3.63, 3.8) is 0 Å². The van der Waals surface area contributed by atoms with E-state index < -0.39 is 0 Å². The predicted octanol–water partition coefficient (Wildman–Crippen LogP) is 1.88. The number of carbonyl (C=O) groups is 2. The van der Waals surface area contributed by atoms with Crippen LogP contribution < -0.4 is 15.6 Å². The lowest BCUT2D eigenvalue weighted by Gasteiger charge is -2.22. The minimum absolute atomic E-state index is 0.0750. The van der Waals surface area contributed by atoms with E-state index in [0.717, 1.165) is 22.4 Å². The lowest BCUT2D eigenvalue weighted by atomic mass is 9.96. The van der Waals surface area contributed by atoms with Gasteiger partial charge in [0.2, 0.25) is 5.91 Å². The van der Waals surface area contributed by atoms with E-state index in [-0.39, 0.29) is 35.5 Å². The van der Waals surface area contributed by atoms with Crippen molar-refractivity contribution in [2.75, 3.05) is 26.7 Å². The molecule has 3 aromatic rings. The second-order valence-corrected chi connectivity index (χ2v) is 7.68. The highest BCUT2D eigenvalue weighted by Gasteiger charge is 2.28. The molecule has 1 aliphatic heterocycles. The summed E-state index contributed by atoms with van der Waals surface area (Å²) in [4.78, 5) is 38.2. The van der Waals surface area contributed by atoms with E-state index in [1.165, 1.54) is 12.1 Å². The zero-order valence-corrected chi connectivity index (χ0v) is 17.7. The van der Waals surface area contributed by atoms with Crippen LogP contribution in [0.15, 0.2) is 65.5 Å². The molecule has 0 saturated carbocycles. The molecular formula is C24H24N4O4. The highest BCUT2D eigenvalue weighted by Crippen LogP contribution is 2.24. The molecule has 2 heterocycles. The number of hydrogen-bond acceptors (Lipinski definition) is 5. The van der Waals surface area contributed by atoms with Gasteiger partial charge in [0.1, 0.15) is 11.4 Å². The second-order valence-electron chi connectivity index (χ2n) is 7.68. The number of nitrogens with one attached hydrogen (secondary N) is 2. The fourth-order valence-electron chi connectivity index (χ4n) is 3.77. The number of carbonyl (C=O) groups excluding carboxylic acids is 2. The molecular weight excluding hydrogens is 408 g/mol. The van der Waals surface area contributed by atoms with Crippen LogP contribution in [0.3, 0.4) is 0 Å². The minimum Gasteiger partial charge on any atom is -0.497 e. The number of ether oxygens (including phenoxy) is 1. The average molecular weight is 432 g/mol. The highest BCUT2D eigenvalue weighted by molar-refractivity contribution is 5.93. The first-order valence-electron chi connectivity index (χ1n) is 10.4. The van der Waals surface area contributed by atoms with Gasteiger partial charge in [-0.3, -0.25) is 14.4 Å². The summed E-state index contributed by atoms with van der Waals surface area (Å²) in [5.41, 5.74) is 2.95. The molecule has 164 valence electrons. The van der Waals surface area contributed by atoms with Crippen LogP contribution in [0.4, 0.5) is 0 Å². The van der Waals surface area contributed by atoms with Gasteiger partial charge in [0.05, 0.1) is 13.0 Å². The highest BCUT2D eigenvalue weighted by atomic mass is 16.5. The summed E-state index contributed by atoms with van der Waals surface area (Å²) in [6, 6.07) is 18.6. The van der Waals surface area contributed by atoms with Crippen molar-refractivity contribution in [3.8, 4) is 16.9 Å². The van der Waals surface area contributed by atoms with Gasteiger partial charge >= 0.3 is 0 Å². The Morgan fingerprint density at radius 1 is 1.03 bits per heavy atom. The molecule has 2 aromatic carbocycles. The maximum absolute atomic E-state index is 12.8. The Balaban J connectivity index is 1.46. The maximum atomic E-state index is 12.8. The molecule has 0 radical (unpaired) electrons. The molecule has 1 fully saturated rings. The van der Waals surface area contributed by atoms with Gasteiger partial charge in [-0.1, -0.05) is 36.4 Å². The maximum Gasteiger partial charge on any atom is 0.274 e. The summed E-state index contributed by atoms with van der Waals surface area (Å²) in [7, 11) is 1.64. The monoisotopic (exact) mass is 432 g/mol. The normalized spacial score (nSPS) is 16.2. The summed E-state index contributed by atoms with van der Waals surface area (Å²) in [6.45, 7) is 1.05. The van der Waals surface area contributed by atoms with Crippen molar-refractivity contribution in [2.24, 2.45) is 5.92 Å². The topological polar surface area (TPSA) is 104 Å². The van der Waals surface area contributed by atoms with Crippen molar-refractivity contribution in [3.05, 3.63) is 82.3 Å². The Morgan fingerprint density at radius 2 is 1.72 bits per heavy atom. The molecule has 1 aliphatic rings. The number of rotatable bonds is 5. The fourth-order valence-corrected chi connectivity index (χ4v) is 3.77. The summed E-state index contributed by atoms with van der Waals surface area (Å²) < 4.78 is 5.20. The van der Waals surface area contributed by atoms with Crippen LogP contribution in [-0.4, -0.2) is 53.7 Å². The van der Waals surface area contributed by atoms with Gasteiger partial charge in [-0.15, -0.1) is 0 Å².